The van der Waals surface area contributed by atoms with E-state index in [1.54, 1.807) is 0 Å². The third-order valence-corrected chi connectivity index (χ3v) is 2.49. The molecule has 0 rings (SSSR count). The van der Waals surface area contributed by atoms with Crippen LogP contribution in [0, 0.1) is 11.8 Å². The zero-order valence-corrected chi connectivity index (χ0v) is 11.7. The van der Waals surface area contributed by atoms with Crippen LogP contribution in [0.2, 0.25) is 0 Å². The fourth-order valence-electron chi connectivity index (χ4n) is 1.37. The molecule has 0 heterocycles. The number of amides is 2. The predicted octanol–water partition coefficient (Wildman–Crippen LogP) is 0.594. The Bertz CT molecular complexity index is 330. The van der Waals surface area contributed by atoms with Crippen LogP contribution in [0.3, 0.4) is 0 Å². The van der Waals surface area contributed by atoms with Gasteiger partial charge in [-0.2, -0.15) is 0 Å². The highest BCUT2D eigenvalue weighted by atomic mass is 16.5. The van der Waals surface area contributed by atoms with Crippen molar-refractivity contribution in [2.24, 2.45) is 11.8 Å². The van der Waals surface area contributed by atoms with E-state index in [1.807, 2.05) is 13.8 Å². The molecule has 7 heteroatoms. The molecule has 0 saturated carbocycles. The van der Waals surface area contributed by atoms with Gasteiger partial charge in [0.2, 0.25) is 0 Å². The van der Waals surface area contributed by atoms with Crippen LogP contribution >= 0.6 is 0 Å². The number of carboxylic acids is 1. The van der Waals surface area contributed by atoms with Crippen LogP contribution in [0.1, 0.15) is 27.2 Å². The van der Waals surface area contributed by atoms with Crippen LogP contribution in [0.5, 0.6) is 0 Å². The summed E-state index contributed by atoms with van der Waals surface area (Å²) in [6.07, 6.45) is 0.453. The van der Waals surface area contributed by atoms with Crippen molar-refractivity contribution in [1.29, 1.82) is 0 Å². The zero-order valence-electron chi connectivity index (χ0n) is 11.7. The van der Waals surface area contributed by atoms with E-state index in [4.69, 9.17) is 5.11 Å². The van der Waals surface area contributed by atoms with E-state index in [0.29, 0.717) is 6.42 Å². The van der Waals surface area contributed by atoms with E-state index in [9.17, 15) is 14.4 Å². The molecule has 0 aliphatic heterocycles. The molecule has 19 heavy (non-hydrogen) atoms. The summed E-state index contributed by atoms with van der Waals surface area (Å²) in [5.41, 5.74) is 0. The number of hydrogen-bond acceptors (Lipinski definition) is 4. The molecule has 0 aliphatic carbocycles. The number of esters is 1. The summed E-state index contributed by atoms with van der Waals surface area (Å²) in [6.45, 7) is 5.31. The first kappa shape index (κ1) is 17.2. The maximum atomic E-state index is 11.6. The van der Waals surface area contributed by atoms with Gasteiger partial charge in [0, 0.05) is 6.54 Å². The summed E-state index contributed by atoms with van der Waals surface area (Å²) >= 11 is 0. The fourth-order valence-corrected chi connectivity index (χ4v) is 1.37. The van der Waals surface area contributed by atoms with Gasteiger partial charge in [0.1, 0.15) is 6.04 Å². The summed E-state index contributed by atoms with van der Waals surface area (Å²) in [4.78, 5) is 33.6. The highest BCUT2D eigenvalue weighted by Gasteiger charge is 2.23. The lowest BCUT2D eigenvalue weighted by Gasteiger charge is -2.19. The van der Waals surface area contributed by atoms with Crippen molar-refractivity contribution < 1.29 is 24.2 Å². The number of hydrogen-bond donors (Lipinski definition) is 3. The second kappa shape index (κ2) is 8.34. The monoisotopic (exact) mass is 274 g/mol. The van der Waals surface area contributed by atoms with Gasteiger partial charge in [0.25, 0.3) is 0 Å². The summed E-state index contributed by atoms with van der Waals surface area (Å²) < 4.78 is 4.60. The van der Waals surface area contributed by atoms with Gasteiger partial charge < -0.3 is 20.5 Å². The fraction of sp³-hybridized carbons (Fsp3) is 0.750. The SMILES string of the molecule is COC(=O)C(CC(C)C)NC(=O)NCC(C)C(=O)O. The number of carboxylic acid groups (broad SMARTS) is 1. The first-order chi connectivity index (χ1) is 8.77. The Morgan fingerprint density at radius 3 is 2.21 bits per heavy atom. The summed E-state index contributed by atoms with van der Waals surface area (Å²) in [5.74, 6) is -1.99. The Morgan fingerprint density at radius 1 is 1.21 bits per heavy atom. The average Bonchev–Trinajstić information content (AvgIpc) is 2.33. The lowest BCUT2D eigenvalue weighted by molar-refractivity contribution is -0.143. The van der Waals surface area contributed by atoms with Crippen LogP contribution in [0.25, 0.3) is 0 Å². The van der Waals surface area contributed by atoms with Gasteiger partial charge in [0.05, 0.1) is 13.0 Å². The van der Waals surface area contributed by atoms with Crippen LogP contribution in [0.15, 0.2) is 0 Å². The molecular weight excluding hydrogens is 252 g/mol. The van der Waals surface area contributed by atoms with E-state index >= 15 is 0 Å². The van der Waals surface area contributed by atoms with Crippen molar-refractivity contribution in [3.8, 4) is 0 Å². The first-order valence-corrected chi connectivity index (χ1v) is 6.12. The van der Waals surface area contributed by atoms with Crippen molar-refractivity contribution in [3.05, 3.63) is 0 Å². The number of nitrogens with one attached hydrogen (secondary N) is 2. The minimum Gasteiger partial charge on any atom is -0.481 e. The second-order valence-corrected chi connectivity index (χ2v) is 4.80. The first-order valence-electron chi connectivity index (χ1n) is 6.12. The number of carbonyl (C=O) groups is 3. The normalized spacial score (nSPS) is 13.5. The quantitative estimate of drug-likeness (QED) is 0.589. The Hall–Kier alpha value is -1.79. The van der Waals surface area contributed by atoms with E-state index in [-0.39, 0.29) is 12.5 Å². The van der Waals surface area contributed by atoms with E-state index in [2.05, 4.69) is 15.4 Å². The van der Waals surface area contributed by atoms with Crippen LogP contribution in [0.4, 0.5) is 4.79 Å². The van der Waals surface area contributed by atoms with Gasteiger partial charge in [-0.1, -0.05) is 20.8 Å². The molecule has 2 atom stereocenters. The molecule has 2 unspecified atom stereocenters. The molecule has 0 fully saturated rings. The summed E-state index contributed by atoms with van der Waals surface area (Å²) in [6, 6.07) is -1.31. The lowest BCUT2D eigenvalue weighted by Crippen LogP contribution is -2.48. The number of urea groups is 1. The molecule has 7 nitrogen and oxygen atoms in total. The van der Waals surface area contributed by atoms with Gasteiger partial charge in [-0.25, -0.2) is 9.59 Å². The third-order valence-electron chi connectivity index (χ3n) is 2.49. The van der Waals surface area contributed by atoms with E-state index in [1.165, 1.54) is 14.0 Å². The summed E-state index contributed by atoms with van der Waals surface area (Å²) in [5, 5.41) is 13.6. The minimum absolute atomic E-state index is 0.00324. The number of aliphatic carboxylic acids is 1. The molecule has 0 radical (unpaired) electrons. The number of ether oxygens (including phenoxy) is 1. The van der Waals surface area contributed by atoms with Gasteiger partial charge in [-0.15, -0.1) is 0 Å². The van der Waals surface area contributed by atoms with Crippen molar-refractivity contribution >= 4 is 18.0 Å². The van der Waals surface area contributed by atoms with Gasteiger partial charge in [0.15, 0.2) is 0 Å². The molecule has 0 aromatic carbocycles. The Kier molecular flexibility index (Phi) is 7.55. The van der Waals surface area contributed by atoms with Crippen LogP contribution in [-0.2, 0) is 14.3 Å². The average molecular weight is 274 g/mol. The Labute approximate surface area is 112 Å². The smallest absolute Gasteiger partial charge is 0.328 e. The molecule has 110 valence electrons. The molecule has 0 aromatic rings. The number of carbonyl (C=O) groups excluding carboxylic acids is 2. The molecule has 0 bridgehead atoms. The molecule has 3 N–H and O–H groups in total. The number of rotatable bonds is 7. The predicted molar refractivity (Wildman–Crippen MR) is 68.6 cm³/mol. The van der Waals surface area contributed by atoms with Crippen LogP contribution in [-0.4, -0.2) is 42.8 Å². The maximum absolute atomic E-state index is 11.6. The molecule has 0 aromatic heterocycles. The lowest BCUT2D eigenvalue weighted by atomic mass is 10.0. The van der Waals surface area contributed by atoms with Crippen molar-refractivity contribution in [1.82, 2.24) is 10.6 Å². The van der Waals surface area contributed by atoms with Crippen molar-refractivity contribution in [2.75, 3.05) is 13.7 Å². The standard InChI is InChI=1S/C12H22N2O5/c1-7(2)5-9(11(17)19-4)14-12(18)13-6-8(3)10(15)16/h7-9H,5-6H2,1-4H3,(H,15,16)(H2,13,14,18). The van der Waals surface area contributed by atoms with Gasteiger partial charge >= 0.3 is 18.0 Å². The largest absolute Gasteiger partial charge is 0.481 e. The van der Waals surface area contributed by atoms with Crippen molar-refractivity contribution in [3.63, 3.8) is 0 Å². The van der Waals surface area contributed by atoms with E-state index < -0.39 is 29.9 Å². The molecule has 0 spiro atoms. The topological polar surface area (TPSA) is 105 Å². The Balaban J connectivity index is 4.31. The van der Waals surface area contributed by atoms with Crippen molar-refractivity contribution in [2.45, 2.75) is 33.2 Å². The zero-order chi connectivity index (χ0) is 15.0. The highest BCUT2D eigenvalue weighted by molar-refractivity contribution is 5.83. The highest BCUT2D eigenvalue weighted by Crippen LogP contribution is 2.06. The molecule has 0 aliphatic rings. The molecule has 2 amide bonds. The third kappa shape index (κ3) is 7.28. The molecular formula is C12H22N2O5. The van der Waals surface area contributed by atoms with Crippen LogP contribution < -0.4 is 10.6 Å². The van der Waals surface area contributed by atoms with E-state index in [0.717, 1.165) is 0 Å². The summed E-state index contributed by atoms with van der Waals surface area (Å²) in [7, 11) is 1.25. The second-order valence-electron chi connectivity index (χ2n) is 4.80. The Morgan fingerprint density at radius 2 is 1.79 bits per heavy atom. The van der Waals surface area contributed by atoms with Gasteiger partial charge in [-0.3, -0.25) is 4.79 Å². The van der Waals surface area contributed by atoms with Gasteiger partial charge in [-0.05, 0) is 12.3 Å². The minimum atomic E-state index is -0.994. The molecule has 0 saturated heterocycles. The number of methoxy groups -OCH3 is 1. The maximum Gasteiger partial charge on any atom is 0.328 e.